The molecule has 1 amide bonds. The fourth-order valence-corrected chi connectivity index (χ4v) is 3.30. The molecule has 21 heavy (non-hydrogen) atoms. The first-order valence-electron chi connectivity index (χ1n) is 7.52. The van der Waals surface area contributed by atoms with E-state index in [1.165, 1.54) is 0 Å². The lowest BCUT2D eigenvalue weighted by molar-refractivity contribution is -0.153. The van der Waals surface area contributed by atoms with Crippen LogP contribution in [0.5, 0.6) is 0 Å². The second-order valence-electron chi connectivity index (χ2n) is 5.82. The maximum atomic E-state index is 12.7. The van der Waals surface area contributed by atoms with Gasteiger partial charge in [-0.15, -0.1) is 0 Å². The molecule has 3 rings (SSSR count). The van der Waals surface area contributed by atoms with Crippen molar-refractivity contribution in [1.82, 2.24) is 4.90 Å². The van der Waals surface area contributed by atoms with Gasteiger partial charge in [0.05, 0.1) is 5.92 Å². The molecule has 1 fully saturated rings. The molecule has 1 saturated heterocycles. The van der Waals surface area contributed by atoms with E-state index >= 15 is 0 Å². The van der Waals surface area contributed by atoms with E-state index in [0.29, 0.717) is 25.9 Å². The molecule has 0 radical (unpaired) electrons. The molecule has 0 spiro atoms. The van der Waals surface area contributed by atoms with Crippen LogP contribution < -0.4 is 5.32 Å². The third-order valence-electron chi connectivity index (χ3n) is 4.44. The van der Waals surface area contributed by atoms with Crippen molar-refractivity contribution in [3.8, 4) is 0 Å². The number of carbonyl (C=O) groups is 2. The number of carboxylic acid groups (broad SMARTS) is 1. The number of hydrogen-bond donors (Lipinski definition) is 2. The highest BCUT2D eigenvalue weighted by Crippen LogP contribution is 2.27. The molecule has 2 aliphatic rings. The summed E-state index contributed by atoms with van der Waals surface area (Å²) in [5, 5.41) is 12.6. The Morgan fingerprint density at radius 2 is 2.05 bits per heavy atom. The van der Waals surface area contributed by atoms with Gasteiger partial charge in [-0.1, -0.05) is 18.2 Å². The lowest BCUT2D eigenvalue weighted by Gasteiger charge is -2.37. The summed E-state index contributed by atoms with van der Waals surface area (Å²) in [7, 11) is 0. The van der Waals surface area contributed by atoms with Crippen molar-refractivity contribution in [3.63, 3.8) is 0 Å². The van der Waals surface area contributed by atoms with Crippen molar-refractivity contribution in [2.24, 2.45) is 5.92 Å². The number of likely N-dealkylation sites (tertiary alicyclic amines) is 1. The van der Waals surface area contributed by atoms with Crippen molar-refractivity contribution < 1.29 is 14.7 Å². The topological polar surface area (TPSA) is 69.6 Å². The average molecular weight is 288 g/mol. The van der Waals surface area contributed by atoms with Gasteiger partial charge in [0, 0.05) is 18.8 Å². The molecule has 0 aliphatic carbocycles. The van der Waals surface area contributed by atoms with Gasteiger partial charge >= 0.3 is 5.97 Å². The second-order valence-corrected chi connectivity index (χ2v) is 5.82. The number of aliphatic carboxylic acids is 1. The van der Waals surface area contributed by atoms with Gasteiger partial charge in [0.25, 0.3) is 0 Å². The van der Waals surface area contributed by atoms with Gasteiger partial charge in [-0.3, -0.25) is 4.79 Å². The first-order chi connectivity index (χ1) is 10.2. The van der Waals surface area contributed by atoms with Crippen LogP contribution in [0.4, 0.5) is 5.69 Å². The van der Waals surface area contributed by atoms with Gasteiger partial charge in [-0.2, -0.15) is 0 Å². The highest BCUT2D eigenvalue weighted by atomic mass is 16.4. The summed E-state index contributed by atoms with van der Waals surface area (Å²) in [6.07, 6.45) is 3.03. The van der Waals surface area contributed by atoms with E-state index < -0.39 is 12.0 Å². The molecule has 2 atom stereocenters. The predicted molar refractivity (Wildman–Crippen MR) is 79.1 cm³/mol. The highest BCUT2D eigenvalue weighted by Gasteiger charge is 2.36. The first kappa shape index (κ1) is 13.9. The van der Waals surface area contributed by atoms with Crippen LogP contribution in [0.25, 0.3) is 0 Å². The molecule has 2 heterocycles. The van der Waals surface area contributed by atoms with Gasteiger partial charge in [0.2, 0.25) is 5.91 Å². The van der Waals surface area contributed by atoms with E-state index in [0.717, 1.165) is 24.1 Å². The Hall–Kier alpha value is -2.04. The van der Waals surface area contributed by atoms with Gasteiger partial charge in [0.15, 0.2) is 0 Å². The quantitative estimate of drug-likeness (QED) is 0.869. The smallest absolute Gasteiger partial charge is 0.326 e. The fourth-order valence-electron chi connectivity index (χ4n) is 3.30. The molecular formula is C16H20N2O3. The van der Waals surface area contributed by atoms with E-state index in [1.807, 2.05) is 24.3 Å². The van der Waals surface area contributed by atoms with E-state index in [-0.39, 0.29) is 11.8 Å². The molecule has 1 unspecified atom stereocenters. The molecule has 0 saturated carbocycles. The Morgan fingerprint density at radius 1 is 1.24 bits per heavy atom. The summed E-state index contributed by atoms with van der Waals surface area (Å²) in [6, 6.07) is 7.32. The summed E-state index contributed by atoms with van der Waals surface area (Å²) in [6.45, 7) is 1.15. The van der Waals surface area contributed by atoms with Crippen LogP contribution in [0, 0.1) is 5.92 Å². The van der Waals surface area contributed by atoms with Crippen molar-refractivity contribution in [3.05, 3.63) is 29.8 Å². The Kier molecular flexibility index (Phi) is 3.82. The Balaban J connectivity index is 1.75. The highest BCUT2D eigenvalue weighted by molar-refractivity contribution is 5.86. The molecule has 1 aromatic carbocycles. The molecule has 5 nitrogen and oxygen atoms in total. The van der Waals surface area contributed by atoms with Gasteiger partial charge in [-0.05, 0) is 37.3 Å². The third-order valence-corrected chi connectivity index (χ3v) is 4.44. The molecule has 112 valence electrons. The number of piperidine rings is 1. The van der Waals surface area contributed by atoms with Crippen LogP contribution in [0.3, 0.4) is 0 Å². The lowest BCUT2D eigenvalue weighted by Crippen LogP contribution is -2.51. The Morgan fingerprint density at radius 3 is 2.86 bits per heavy atom. The molecule has 1 aromatic rings. The number of carboxylic acids is 1. The number of nitrogens with zero attached hydrogens (tertiary/aromatic N) is 1. The summed E-state index contributed by atoms with van der Waals surface area (Å²) in [5.74, 6) is -1.07. The molecular weight excluding hydrogens is 268 g/mol. The zero-order valence-corrected chi connectivity index (χ0v) is 11.9. The summed E-state index contributed by atoms with van der Waals surface area (Å²) in [4.78, 5) is 25.6. The SMILES string of the molecule is O=C(O)[C@H]1CCCCN1C(=O)C1CNc2ccccc2C1. The summed E-state index contributed by atoms with van der Waals surface area (Å²) < 4.78 is 0. The number of anilines is 1. The third kappa shape index (κ3) is 2.73. The number of amides is 1. The zero-order chi connectivity index (χ0) is 14.8. The maximum absolute atomic E-state index is 12.7. The van der Waals surface area contributed by atoms with E-state index in [1.54, 1.807) is 4.90 Å². The fraction of sp³-hybridized carbons (Fsp3) is 0.500. The minimum atomic E-state index is -0.882. The predicted octanol–water partition coefficient (Wildman–Crippen LogP) is 1.74. The molecule has 5 heteroatoms. The number of para-hydroxylation sites is 1. The number of hydrogen-bond acceptors (Lipinski definition) is 3. The van der Waals surface area contributed by atoms with Crippen molar-refractivity contribution in [1.29, 1.82) is 0 Å². The summed E-state index contributed by atoms with van der Waals surface area (Å²) in [5.41, 5.74) is 2.21. The number of nitrogens with one attached hydrogen (secondary N) is 1. The first-order valence-corrected chi connectivity index (χ1v) is 7.52. The average Bonchev–Trinajstić information content (AvgIpc) is 2.53. The molecule has 0 aromatic heterocycles. The minimum absolute atomic E-state index is 0.0240. The second kappa shape index (κ2) is 5.76. The number of fused-ring (bicyclic) bond motifs is 1. The monoisotopic (exact) mass is 288 g/mol. The summed E-state index contributed by atoms with van der Waals surface area (Å²) >= 11 is 0. The van der Waals surface area contributed by atoms with Crippen molar-refractivity contribution in [2.45, 2.75) is 31.7 Å². The van der Waals surface area contributed by atoms with Crippen molar-refractivity contribution >= 4 is 17.6 Å². The Labute approximate surface area is 123 Å². The van der Waals surface area contributed by atoms with E-state index in [2.05, 4.69) is 5.32 Å². The number of carbonyl (C=O) groups excluding carboxylic acids is 1. The molecule has 0 bridgehead atoms. The van der Waals surface area contributed by atoms with Crippen LogP contribution in [0.15, 0.2) is 24.3 Å². The minimum Gasteiger partial charge on any atom is -0.480 e. The van der Waals surface area contributed by atoms with Crippen LogP contribution in [-0.2, 0) is 16.0 Å². The van der Waals surface area contributed by atoms with E-state index in [4.69, 9.17) is 0 Å². The van der Waals surface area contributed by atoms with Crippen molar-refractivity contribution in [2.75, 3.05) is 18.4 Å². The Bertz CT molecular complexity index is 558. The molecule has 2 N–H and O–H groups in total. The maximum Gasteiger partial charge on any atom is 0.326 e. The lowest BCUT2D eigenvalue weighted by atomic mass is 9.91. The van der Waals surface area contributed by atoms with E-state index in [9.17, 15) is 14.7 Å². The van der Waals surface area contributed by atoms with Gasteiger partial charge in [-0.25, -0.2) is 4.79 Å². The zero-order valence-electron chi connectivity index (χ0n) is 11.9. The number of rotatable bonds is 2. The van der Waals surface area contributed by atoms with Gasteiger partial charge in [0.1, 0.15) is 6.04 Å². The van der Waals surface area contributed by atoms with Crippen LogP contribution in [0.2, 0.25) is 0 Å². The van der Waals surface area contributed by atoms with Gasteiger partial charge < -0.3 is 15.3 Å². The number of benzene rings is 1. The standard InChI is InChI=1S/C16H20N2O3/c19-15(18-8-4-3-7-14(18)16(20)21)12-9-11-5-1-2-6-13(11)17-10-12/h1-2,5-6,12,14,17H,3-4,7-10H2,(H,20,21)/t12?,14-/m1/s1. The van der Waals surface area contributed by atoms with Crippen LogP contribution >= 0.6 is 0 Å². The molecule has 2 aliphatic heterocycles. The van der Waals surface area contributed by atoms with Crippen LogP contribution in [-0.4, -0.2) is 41.0 Å². The normalized spacial score (nSPS) is 24.9. The largest absolute Gasteiger partial charge is 0.480 e. The van der Waals surface area contributed by atoms with Crippen LogP contribution in [0.1, 0.15) is 24.8 Å².